The van der Waals surface area contributed by atoms with E-state index in [1.807, 2.05) is 23.6 Å². The minimum Gasteiger partial charge on any atom is -0.505 e. The van der Waals surface area contributed by atoms with E-state index in [9.17, 15) is 14.3 Å². The lowest BCUT2D eigenvalue weighted by Crippen LogP contribution is -2.11. The van der Waals surface area contributed by atoms with Crippen LogP contribution in [0.1, 0.15) is 10.4 Å². The fourth-order valence-corrected chi connectivity index (χ4v) is 5.06. The number of phenolic OH excluding ortho intramolecular Hbond substituents is 1. The van der Waals surface area contributed by atoms with E-state index in [1.165, 1.54) is 18.2 Å². The van der Waals surface area contributed by atoms with Gasteiger partial charge in [0.1, 0.15) is 30.2 Å². The number of anilines is 1. The minimum atomic E-state index is -0.398. The number of aldehydes is 1. The Morgan fingerprint density at radius 2 is 2.06 bits per heavy atom. The maximum Gasteiger partial charge on any atom is 0.150 e. The smallest absolute Gasteiger partial charge is 0.150 e. The van der Waals surface area contributed by atoms with Gasteiger partial charge in [0.05, 0.1) is 9.92 Å². The Balaban J connectivity index is 1.71. The molecule has 0 saturated carbocycles. The largest absolute Gasteiger partial charge is 0.505 e. The van der Waals surface area contributed by atoms with Crippen molar-refractivity contribution >= 4 is 56.9 Å². The molecule has 9 heteroatoms. The Kier molecular flexibility index (Phi) is 6.86. The third-order valence-corrected chi connectivity index (χ3v) is 6.71. The Morgan fingerprint density at radius 3 is 2.84 bits per heavy atom. The number of thiophene rings is 1. The van der Waals surface area contributed by atoms with E-state index in [0.717, 1.165) is 22.0 Å². The normalized spacial score (nSPS) is 11.0. The molecule has 4 aromatic rings. The number of benzene rings is 3. The lowest BCUT2D eigenvalue weighted by atomic mass is 9.99. The third kappa shape index (κ3) is 4.54. The summed E-state index contributed by atoms with van der Waals surface area (Å²) in [7, 11) is 0. The molecule has 0 unspecified atom stereocenters. The van der Waals surface area contributed by atoms with Gasteiger partial charge in [-0.05, 0) is 65.9 Å². The highest BCUT2D eigenvalue weighted by Gasteiger charge is 2.17. The second-order valence-electron chi connectivity index (χ2n) is 6.77. The summed E-state index contributed by atoms with van der Waals surface area (Å²) in [6, 6.07) is 13.2. The zero-order valence-electron chi connectivity index (χ0n) is 16.6. The molecule has 4 N–H and O–H groups in total. The standard InChI is InChI=1S/C23H18ClFN2O3S2/c24-17-9-13(12-28)10-21(23(17)29)32-27-14-1-2-18(25)16(11-14)22-15-5-8-31-20(15)4-3-19(22)30-7-6-26/h1-5,8-12,27,29H,6-7,26H2. The van der Waals surface area contributed by atoms with E-state index in [4.69, 9.17) is 22.1 Å². The van der Waals surface area contributed by atoms with Gasteiger partial charge in [-0.1, -0.05) is 11.6 Å². The van der Waals surface area contributed by atoms with Crippen LogP contribution >= 0.6 is 34.9 Å². The number of ether oxygens (including phenoxy) is 1. The Hall–Kier alpha value is -2.78. The average Bonchev–Trinajstić information content (AvgIpc) is 3.28. The van der Waals surface area contributed by atoms with E-state index < -0.39 is 5.82 Å². The summed E-state index contributed by atoms with van der Waals surface area (Å²) in [5.74, 6) is 0.0106. The first-order chi connectivity index (χ1) is 15.5. The molecule has 0 spiro atoms. The van der Waals surface area contributed by atoms with Gasteiger partial charge in [0, 0.05) is 39.0 Å². The molecule has 0 aliphatic rings. The molecule has 164 valence electrons. The topological polar surface area (TPSA) is 84.6 Å². The van der Waals surface area contributed by atoms with Crippen LogP contribution < -0.4 is 15.2 Å². The Bertz CT molecular complexity index is 1300. The van der Waals surface area contributed by atoms with Crippen LogP contribution in [0.4, 0.5) is 10.1 Å². The Morgan fingerprint density at radius 1 is 1.22 bits per heavy atom. The lowest BCUT2D eigenvalue weighted by Gasteiger charge is -2.15. The van der Waals surface area contributed by atoms with Crippen molar-refractivity contribution < 1.29 is 19.0 Å². The van der Waals surface area contributed by atoms with Crippen LogP contribution in [0.3, 0.4) is 0 Å². The van der Waals surface area contributed by atoms with Gasteiger partial charge >= 0.3 is 0 Å². The highest BCUT2D eigenvalue weighted by molar-refractivity contribution is 8.00. The molecule has 32 heavy (non-hydrogen) atoms. The SMILES string of the molecule is NCCOc1ccc2sccc2c1-c1cc(NSc2cc(C=O)cc(Cl)c2O)ccc1F. The van der Waals surface area contributed by atoms with E-state index in [-0.39, 0.29) is 10.8 Å². The van der Waals surface area contributed by atoms with Crippen LogP contribution in [0, 0.1) is 5.82 Å². The van der Waals surface area contributed by atoms with Gasteiger partial charge in [0.2, 0.25) is 0 Å². The van der Waals surface area contributed by atoms with Crippen molar-refractivity contribution in [2.45, 2.75) is 4.90 Å². The van der Waals surface area contributed by atoms with Gasteiger partial charge in [-0.3, -0.25) is 4.79 Å². The maximum atomic E-state index is 15.0. The summed E-state index contributed by atoms with van der Waals surface area (Å²) in [5, 5.41) is 13.1. The first-order valence-corrected chi connectivity index (χ1v) is 11.6. The number of aromatic hydroxyl groups is 1. The predicted molar refractivity (Wildman–Crippen MR) is 130 cm³/mol. The molecule has 0 aliphatic heterocycles. The van der Waals surface area contributed by atoms with E-state index in [0.29, 0.717) is 52.5 Å². The summed E-state index contributed by atoms with van der Waals surface area (Å²) in [4.78, 5) is 11.5. The number of nitrogens with two attached hydrogens (primary N) is 1. The van der Waals surface area contributed by atoms with Crippen molar-refractivity contribution in [1.82, 2.24) is 0 Å². The Labute approximate surface area is 197 Å². The molecule has 3 aromatic carbocycles. The molecule has 1 heterocycles. The number of fused-ring (bicyclic) bond motifs is 1. The highest BCUT2D eigenvalue weighted by atomic mass is 35.5. The van der Waals surface area contributed by atoms with Gasteiger partial charge < -0.3 is 20.3 Å². The van der Waals surface area contributed by atoms with E-state index in [2.05, 4.69) is 4.72 Å². The lowest BCUT2D eigenvalue weighted by molar-refractivity contribution is 0.112. The van der Waals surface area contributed by atoms with E-state index in [1.54, 1.807) is 23.5 Å². The van der Waals surface area contributed by atoms with E-state index >= 15 is 0 Å². The minimum absolute atomic E-state index is 0.0736. The highest BCUT2D eigenvalue weighted by Crippen LogP contribution is 2.42. The number of halogens is 2. The number of nitrogens with one attached hydrogen (secondary N) is 1. The van der Waals surface area contributed by atoms with Crippen LogP contribution in [-0.2, 0) is 0 Å². The van der Waals surface area contributed by atoms with Crippen molar-refractivity contribution in [2.24, 2.45) is 5.73 Å². The summed E-state index contributed by atoms with van der Waals surface area (Å²) in [5.41, 5.74) is 7.54. The third-order valence-electron chi connectivity index (χ3n) is 4.67. The van der Waals surface area contributed by atoms with Gasteiger partial charge in [-0.15, -0.1) is 11.3 Å². The zero-order valence-corrected chi connectivity index (χ0v) is 19.0. The quantitative estimate of drug-likeness (QED) is 0.198. The molecule has 4 rings (SSSR count). The molecule has 0 radical (unpaired) electrons. The molecule has 0 atom stereocenters. The first-order valence-electron chi connectivity index (χ1n) is 9.55. The van der Waals surface area contributed by atoms with Gasteiger partial charge in [-0.25, -0.2) is 4.39 Å². The van der Waals surface area contributed by atoms with Gasteiger partial charge in [-0.2, -0.15) is 0 Å². The first kappa shape index (κ1) is 22.4. The maximum absolute atomic E-state index is 15.0. The second-order valence-corrected chi connectivity index (χ2v) is 8.98. The number of carbonyl (C=O) groups excluding carboxylic acids is 1. The molecular weight excluding hydrogens is 471 g/mol. The molecule has 0 bridgehead atoms. The summed E-state index contributed by atoms with van der Waals surface area (Å²) in [6.07, 6.45) is 0.649. The summed E-state index contributed by atoms with van der Waals surface area (Å²) >= 11 is 8.61. The number of hydrogen-bond acceptors (Lipinski definition) is 7. The van der Waals surface area contributed by atoms with Crippen molar-refractivity contribution in [2.75, 3.05) is 17.9 Å². The monoisotopic (exact) mass is 488 g/mol. The van der Waals surface area contributed by atoms with Crippen LogP contribution in [0.5, 0.6) is 11.5 Å². The van der Waals surface area contributed by atoms with Gasteiger partial charge in [0.15, 0.2) is 0 Å². The number of phenols is 1. The fraction of sp³-hybridized carbons (Fsp3) is 0.0870. The van der Waals surface area contributed by atoms with Crippen LogP contribution in [0.15, 0.2) is 58.8 Å². The average molecular weight is 489 g/mol. The van der Waals surface area contributed by atoms with Crippen molar-refractivity contribution in [3.05, 3.63) is 70.3 Å². The molecule has 0 saturated heterocycles. The molecule has 0 aliphatic carbocycles. The number of carbonyl (C=O) groups is 1. The second kappa shape index (κ2) is 9.79. The molecule has 1 aromatic heterocycles. The summed E-state index contributed by atoms with van der Waals surface area (Å²) in [6.45, 7) is 0.652. The summed E-state index contributed by atoms with van der Waals surface area (Å²) < 4.78 is 24.9. The van der Waals surface area contributed by atoms with Crippen molar-refractivity contribution in [3.8, 4) is 22.6 Å². The fourth-order valence-electron chi connectivity index (χ4n) is 3.22. The van der Waals surface area contributed by atoms with Crippen LogP contribution in [0.2, 0.25) is 5.02 Å². The molecule has 0 fully saturated rings. The van der Waals surface area contributed by atoms with Crippen molar-refractivity contribution in [1.29, 1.82) is 0 Å². The molecule has 0 amide bonds. The zero-order chi connectivity index (χ0) is 22.7. The number of hydrogen-bond donors (Lipinski definition) is 3. The van der Waals surface area contributed by atoms with Crippen molar-refractivity contribution in [3.63, 3.8) is 0 Å². The molecular formula is C23H18ClFN2O3S2. The van der Waals surface area contributed by atoms with Gasteiger partial charge in [0.25, 0.3) is 0 Å². The predicted octanol–water partition coefficient (Wildman–Crippen LogP) is 6.34. The number of rotatable bonds is 8. The molecule has 5 nitrogen and oxygen atoms in total. The van der Waals surface area contributed by atoms with Crippen LogP contribution in [0.25, 0.3) is 21.2 Å². The van der Waals surface area contributed by atoms with Crippen LogP contribution in [-0.4, -0.2) is 24.5 Å².